The Bertz CT molecular complexity index is 292. The molecule has 0 amide bonds. The van der Waals surface area contributed by atoms with Crippen molar-refractivity contribution < 1.29 is 9.84 Å². The van der Waals surface area contributed by atoms with Crippen LogP contribution in [0.4, 0.5) is 0 Å². The summed E-state index contributed by atoms with van der Waals surface area (Å²) in [6, 6.07) is 0. The number of hydrogen-bond donors (Lipinski definition) is 1. The fourth-order valence-electron chi connectivity index (χ4n) is 4.22. The molecule has 1 atom stereocenters. The van der Waals surface area contributed by atoms with Gasteiger partial charge in [-0.3, -0.25) is 0 Å². The molecule has 0 radical (unpaired) electrons. The molecule has 0 aromatic carbocycles. The van der Waals surface area contributed by atoms with Crippen molar-refractivity contribution in [3.05, 3.63) is 0 Å². The second-order valence-corrected chi connectivity index (χ2v) is 9.59. The quantitative estimate of drug-likeness (QED) is 0.140. The predicted octanol–water partition coefficient (Wildman–Crippen LogP) is 9.38. The Labute approximate surface area is 191 Å². The molecule has 0 aromatic rings. The molecule has 2 heteroatoms. The first-order valence-corrected chi connectivity index (χ1v) is 14.1. The summed E-state index contributed by atoms with van der Waals surface area (Å²) in [7, 11) is 0. The van der Waals surface area contributed by atoms with Crippen LogP contribution < -0.4 is 0 Å². The van der Waals surface area contributed by atoms with Crippen molar-refractivity contribution in [2.75, 3.05) is 13.2 Å². The highest BCUT2D eigenvalue weighted by molar-refractivity contribution is 4.55. The average molecular weight is 427 g/mol. The van der Waals surface area contributed by atoms with Crippen LogP contribution in [0.2, 0.25) is 0 Å². The Morgan fingerprint density at radius 1 is 0.467 bits per heavy atom. The maximum absolute atomic E-state index is 9.96. The summed E-state index contributed by atoms with van der Waals surface area (Å²) in [5, 5.41) is 9.96. The summed E-state index contributed by atoms with van der Waals surface area (Å²) < 4.78 is 5.66. The molecule has 1 N–H and O–H groups in total. The number of unbranched alkanes of at least 4 members (excludes halogenated alkanes) is 20. The SMILES string of the molecule is CCCCCCCCCCCCCCCCCCOCC(O)CCCCCCCC. The normalized spacial score (nSPS) is 12.5. The van der Waals surface area contributed by atoms with Gasteiger partial charge >= 0.3 is 0 Å². The number of aliphatic hydroxyl groups is 1. The van der Waals surface area contributed by atoms with Crippen LogP contribution in [-0.2, 0) is 4.74 Å². The lowest BCUT2D eigenvalue weighted by Crippen LogP contribution is -2.15. The monoisotopic (exact) mass is 426 g/mol. The lowest BCUT2D eigenvalue weighted by atomic mass is 10.0. The lowest BCUT2D eigenvalue weighted by molar-refractivity contribution is 0.0297. The van der Waals surface area contributed by atoms with Gasteiger partial charge in [0, 0.05) is 6.61 Å². The summed E-state index contributed by atoms with van der Waals surface area (Å²) in [6.45, 7) is 5.90. The van der Waals surface area contributed by atoms with E-state index in [1.54, 1.807) is 0 Å². The smallest absolute Gasteiger partial charge is 0.0773 e. The van der Waals surface area contributed by atoms with E-state index in [2.05, 4.69) is 13.8 Å². The Kier molecular flexibility index (Phi) is 26.9. The third-order valence-corrected chi connectivity index (χ3v) is 6.34. The fourth-order valence-corrected chi connectivity index (χ4v) is 4.22. The molecule has 0 aliphatic heterocycles. The van der Waals surface area contributed by atoms with E-state index in [1.165, 1.54) is 128 Å². The van der Waals surface area contributed by atoms with Crippen LogP contribution >= 0.6 is 0 Å². The molecule has 30 heavy (non-hydrogen) atoms. The highest BCUT2D eigenvalue weighted by Crippen LogP contribution is 2.14. The molecular weight excluding hydrogens is 368 g/mol. The first-order chi connectivity index (χ1) is 14.8. The van der Waals surface area contributed by atoms with Crippen molar-refractivity contribution in [3.8, 4) is 0 Å². The number of aliphatic hydroxyl groups excluding tert-OH is 1. The summed E-state index contributed by atoms with van der Waals surface area (Å²) in [6.07, 6.45) is 30.8. The third-order valence-electron chi connectivity index (χ3n) is 6.34. The van der Waals surface area contributed by atoms with Gasteiger partial charge in [0.2, 0.25) is 0 Å². The molecule has 0 saturated carbocycles. The van der Waals surface area contributed by atoms with Crippen LogP contribution in [-0.4, -0.2) is 24.4 Å². The molecule has 182 valence electrons. The summed E-state index contributed by atoms with van der Waals surface area (Å²) in [5.41, 5.74) is 0. The van der Waals surface area contributed by atoms with Crippen molar-refractivity contribution >= 4 is 0 Å². The van der Waals surface area contributed by atoms with Crippen molar-refractivity contribution in [2.45, 2.75) is 168 Å². The number of rotatable bonds is 26. The molecule has 0 aliphatic rings. The maximum atomic E-state index is 9.96. The summed E-state index contributed by atoms with van der Waals surface area (Å²) >= 11 is 0. The molecule has 0 spiro atoms. The molecule has 0 rings (SSSR count). The van der Waals surface area contributed by atoms with Gasteiger partial charge in [0.1, 0.15) is 0 Å². The second-order valence-electron chi connectivity index (χ2n) is 9.59. The van der Waals surface area contributed by atoms with Gasteiger partial charge in [-0.15, -0.1) is 0 Å². The van der Waals surface area contributed by atoms with E-state index in [0.717, 1.165) is 25.9 Å². The maximum Gasteiger partial charge on any atom is 0.0773 e. The van der Waals surface area contributed by atoms with Crippen molar-refractivity contribution in [3.63, 3.8) is 0 Å². The standard InChI is InChI=1S/C28H58O2/c1-3-5-7-9-11-12-13-14-15-16-17-18-19-20-22-24-26-30-27-28(29)25-23-21-10-8-6-4-2/h28-29H,3-27H2,1-2H3. The van der Waals surface area contributed by atoms with Gasteiger partial charge in [-0.05, 0) is 12.8 Å². The minimum atomic E-state index is -0.253. The molecule has 0 heterocycles. The summed E-state index contributed by atoms with van der Waals surface area (Å²) in [5.74, 6) is 0. The van der Waals surface area contributed by atoms with Gasteiger partial charge in [-0.25, -0.2) is 0 Å². The van der Waals surface area contributed by atoms with Crippen molar-refractivity contribution in [2.24, 2.45) is 0 Å². The highest BCUT2D eigenvalue weighted by atomic mass is 16.5. The van der Waals surface area contributed by atoms with E-state index in [9.17, 15) is 5.11 Å². The van der Waals surface area contributed by atoms with Gasteiger partial charge in [-0.1, -0.05) is 149 Å². The van der Waals surface area contributed by atoms with Crippen molar-refractivity contribution in [1.29, 1.82) is 0 Å². The molecule has 0 bridgehead atoms. The minimum Gasteiger partial charge on any atom is -0.391 e. The largest absolute Gasteiger partial charge is 0.391 e. The van der Waals surface area contributed by atoms with Gasteiger partial charge in [0.05, 0.1) is 12.7 Å². The van der Waals surface area contributed by atoms with Crippen LogP contribution in [0.15, 0.2) is 0 Å². The number of ether oxygens (including phenoxy) is 1. The second kappa shape index (κ2) is 27.0. The van der Waals surface area contributed by atoms with Crippen LogP contribution in [0.25, 0.3) is 0 Å². The van der Waals surface area contributed by atoms with Gasteiger partial charge < -0.3 is 9.84 Å². The van der Waals surface area contributed by atoms with Gasteiger partial charge in [-0.2, -0.15) is 0 Å². The molecular formula is C28H58O2. The topological polar surface area (TPSA) is 29.5 Å². The fraction of sp³-hybridized carbons (Fsp3) is 1.00. The first-order valence-electron chi connectivity index (χ1n) is 14.1. The minimum absolute atomic E-state index is 0.253. The Balaban J connectivity index is 3.09. The van der Waals surface area contributed by atoms with Crippen LogP contribution in [0.3, 0.4) is 0 Å². The molecule has 0 fully saturated rings. The molecule has 0 aliphatic carbocycles. The van der Waals surface area contributed by atoms with E-state index in [4.69, 9.17) is 4.74 Å². The highest BCUT2D eigenvalue weighted by Gasteiger charge is 2.04. The Morgan fingerprint density at radius 3 is 1.20 bits per heavy atom. The van der Waals surface area contributed by atoms with E-state index < -0.39 is 0 Å². The summed E-state index contributed by atoms with van der Waals surface area (Å²) in [4.78, 5) is 0. The zero-order valence-electron chi connectivity index (χ0n) is 21.1. The van der Waals surface area contributed by atoms with Crippen molar-refractivity contribution in [1.82, 2.24) is 0 Å². The van der Waals surface area contributed by atoms with Crippen LogP contribution in [0.5, 0.6) is 0 Å². The van der Waals surface area contributed by atoms with E-state index in [-0.39, 0.29) is 6.10 Å². The van der Waals surface area contributed by atoms with E-state index >= 15 is 0 Å². The van der Waals surface area contributed by atoms with Crippen LogP contribution in [0.1, 0.15) is 162 Å². The van der Waals surface area contributed by atoms with Gasteiger partial charge in [0.25, 0.3) is 0 Å². The first kappa shape index (κ1) is 29.9. The average Bonchev–Trinajstić information content (AvgIpc) is 2.75. The van der Waals surface area contributed by atoms with E-state index in [1.807, 2.05) is 0 Å². The molecule has 2 nitrogen and oxygen atoms in total. The Morgan fingerprint density at radius 2 is 0.800 bits per heavy atom. The van der Waals surface area contributed by atoms with Crippen LogP contribution in [0, 0.1) is 0 Å². The van der Waals surface area contributed by atoms with Gasteiger partial charge in [0.15, 0.2) is 0 Å². The zero-order valence-corrected chi connectivity index (χ0v) is 21.1. The molecule has 1 unspecified atom stereocenters. The zero-order chi connectivity index (χ0) is 22.0. The molecule has 0 aromatic heterocycles. The molecule has 0 saturated heterocycles. The predicted molar refractivity (Wildman–Crippen MR) is 134 cm³/mol. The van der Waals surface area contributed by atoms with E-state index in [0.29, 0.717) is 6.61 Å². The third kappa shape index (κ3) is 26.0. The number of hydrogen-bond acceptors (Lipinski definition) is 2. The lowest BCUT2D eigenvalue weighted by Gasteiger charge is -2.11. The Hall–Kier alpha value is -0.0800.